The third-order valence-corrected chi connectivity index (χ3v) is 3.94. The zero-order chi connectivity index (χ0) is 15.4. The van der Waals surface area contributed by atoms with Gasteiger partial charge in [-0.25, -0.2) is 4.79 Å². The summed E-state index contributed by atoms with van der Waals surface area (Å²) in [6, 6.07) is 6.68. The number of carbonyl (C=O) groups is 2. The number of pyridine rings is 1. The molecule has 0 aliphatic heterocycles. The van der Waals surface area contributed by atoms with Crippen LogP contribution >= 0.6 is 11.3 Å². The van der Waals surface area contributed by atoms with Gasteiger partial charge in [-0.1, -0.05) is 0 Å². The molecule has 0 bridgehead atoms. The van der Waals surface area contributed by atoms with Gasteiger partial charge in [0.2, 0.25) is 0 Å². The van der Waals surface area contributed by atoms with Gasteiger partial charge >= 0.3 is 5.97 Å². The number of carbonyl (C=O) groups excluding carboxylic acids is 1. The highest BCUT2D eigenvalue weighted by Gasteiger charge is 2.14. The summed E-state index contributed by atoms with van der Waals surface area (Å²) in [4.78, 5) is 29.3. The molecule has 0 aliphatic rings. The van der Waals surface area contributed by atoms with Gasteiger partial charge < -0.3 is 10.4 Å². The maximum absolute atomic E-state index is 12.1. The Hall–Kier alpha value is -2.21. The van der Waals surface area contributed by atoms with Crippen molar-refractivity contribution in [2.75, 3.05) is 0 Å². The zero-order valence-electron chi connectivity index (χ0n) is 11.8. The van der Waals surface area contributed by atoms with E-state index in [1.165, 1.54) is 28.1 Å². The predicted molar refractivity (Wildman–Crippen MR) is 80.9 cm³/mol. The van der Waals surface area contributed by atoms with Gasteiger partial charge in [0.1, 0.15) is 5.69 Å². The van der Waals surface area contributed by atoms with Crippen molar-refractivity contribution >= 4 is 23.2 Å². The highest BCUT2D eigenvalue weighted by atomic mass is 32.1. The van der Waals surface area contributed by atoms with Gasteiger partial charge in [0, 0.05) is 28.4 Å². The standard InChI is InChI=1S/C15H16N2O3S/c1-9(7-12-4-3-10(2)21-12)17-14(18)13-8-11(15(19)20)5-6-16-13/h3-6,8-9H,7H2,1-2H3,(H,17,18)(H,19,20). The highest BCUT2D eigenvalue weighted by molar-refractivity contribution is 7.11. The largest absolute Gasteiger partial charge is 0.478 e. The molecule has 2 heterocycles. The number of hydrogen-bond donors (Lipinski definition) is 2. The van der Waals surface area contributed by atoms with Gasteiger partial charge in [-0.2, -0.15) is 0 Å². The van der Waals surface area contributed by atoms with Gasteiger partial charge in [-0.3, -0.25) is 9.78 Å². The van der Waals surface area contributed by atoms with Crippen molar-refractivity contribution in [3.63, 3.8) is 0 Å². The SMILES string of the molecule is Cc1ccc(CC(C)NC(=O)c2cc(C(=O)O)ccn2)s1. The van der Waals surface area contributed by atoms with E-state index < -0.39 is 5.97 Å². The Morgan fingerprint density at radius 3 is 2.76 bits per heavy atom. The summed E-state index contributed by atoms with van der Waals surface area (Å²) in [7, 11) is 0. The van der Waals surface area contributed by atoms with Crippen LogP contribution in [0.1, 0.15) is 37.5 Å². The summed E-state index contributed by atoms with van der Waals surface area (Å²) < 4.78 is 0. The van der Waals surface area contributed by atoms with E-state index in [-0.39, 0.29) is 23.2 Å². The molecule has 0 fully saturated rings. The second-order valence-electron chi connectivity index (χ2n) is 4.83. The van der Waals surface area contributed by atoms with Crippen LogP contribution in [0.25, 0.3) is 0 Å². The molecule has 2 N–H and O–H groups in total. The minimum Gasteiger partial charge on any atom is -0.478 e. The van der Waals surface area contributed by atoms with Crippen molar-refractivity contribution in [2.45, 2.75) is 26.3 Å². The summed E-state index contributed by atoms with van der Waals surface area (Å²) in [5.74, 6) is -1.44. The van der Waals surface area contributed by atoms with Gasteiger partial charge in [-0.15, -0.1) is 11.3 Å². The third-order valence-electron chi connectivity index (χ3n) is 2.92. The fourth-order valence-corrected chi connectivity index (χ4v) is 2.95. The smallest absolute Gasteiger partial charge is 0.335 e. The number of carboxylic acids is 1. The topological polar surface area (TPSA) is 79.3 Å². The molecular formula is C15H16N2O3S. The lowest BCUT2D eigenvalue weighted by Crippen LogP contribution is -2.34. The first kappa shape index (κ1) is 15.2. The van der Waals surface area contributed by atoms with Gasteiger partial charge in [0.25, 0.3) is 5.91 Å². The Morgan fingerprint density at radius 2 is 2.14 bits per heavy atom. The van der Waals surface area contributed by atoms with Crippen molar-refractivity contribution in [3.05, 3.63) is 51.5 Å². The minimum atomic E-state index is -1.08. The number of aromatic nitrogens is 1. The van der Waals surface area contributed by atoms with Crippen LogP contribution in [0.5, 0.6) is 0 Å². The second kappa shape index (κ2) is 6.49. The Labute approximate surface area is 126 Å². The lowest BCUT2D eigenvalue weighted by atomic mass is 10.2. The van der Waals surface area contributed by atoms with Crippen LogP contribution < -0.4 is 5.32 Å². The first-order chi connectivity index (χ1) is 9.95. The molecule has 1 unspecified atom stereocenters. The van der Waals surface area contributed by atoms with Crippen molar-refractivity contribution in [1.82, 2.24) is 10.3 Å². The van der Waals surface area contributed by atoms with Crippen molar-refractivity contribution < 1.29 is 14.7 Å². The number of aryl methyl sites for hydroxylation is 1. The van der Waals surface area contributed by atoms with E-state index in [4.69, 9.17) is 5.11 Å². The van der Waals surface area contributed by atoms with E-state index in [2.05, 4.69) is 10.3 Å². The molecule has 21 heavy (non-hydrogen) atoms. The number of thiophene rings is 1. The first-order valence-electron chi connectivity index (χ1n) is 6.51. The fraction of sp³-hybridized carbons (Fsp3) is 0.267. The van der Waals surface area contributed by atoms with Crippen molar-refractivity contribution in [1.29, 1.82) is 0 Å². The molecule has 0 radical (unpaired) electrons. The number of hydrogen-bond acceptors (Lipinski definition) is 4. The van der Waals surface area contributed by atoms with E-state index in [0.717, 1.165) is 6.42 Å². The summed E-state index contributed by atoms with van der Waals surface area (Å²) in [5, 5.41) is 11.7. The Morgan fingerprint density at radius 1 is 1.38 bits per heavy atom. The number of amides is 1. The average molecular weight is 304 g/mol. The minimum absolute atomic E-state index is 0.0502. The molecule has 0 aromatic carbocycles. The maximum Gasteiger partial charge on any atom is 0.335 e. The monoisotopic (exact) mass is 304 g/mol. The first-order valence-corrected chi connectivity index (χ1v) is 7.33. The summed E-state index contributed by atoms with van der Waals surface area (Å²) >= 11 is 1.70. The van der Waals surface area contributed by atoms with Crippen LogP contribution in [-0.2, 0) is 6.42 Å². The van der Waals surface area contributed by atoms with Gasteiger partial charge in [0.15, 0.2) is 0 Å². The Bertz CT molecular complexity index is 666. The van der Waals surface area contributed by atoms with E-state index >= 15 is 0 Å². The lowest BCUT2D eigenvalue weighted by molar-refractivity contribution is 0.0696. The van der Waals surface area contributed by atoms with Crippen LogP contribution in [0.3, 0.4) is 0 Å². The molecule has 2 aromatic rings. The molecule has 1 amide bonds. The second-order valence-corrected chi connectivity index (χ2v) is 6.20. The Kier molecular flexibility index (Phi) is 4.70. The summed E-state index contributed by atoms with van der Waals surface area (Å²) in [5.41, 5.74) is 0.167. The Balaban J connectivity index is 2.00. The number of rotatable bonds is 5. The summed E-state index contributed by atoms with van der Waals surface area (Å²) in [6.45, 7) is 3.95. The van der Waals surface area contributed by atoms with E-state index in [1.807, 2.05) is 26.0 Å². The molecule has 2 rings (SSSR count). The molecule has 0 saturated heterocycles. The van der Waals surface area contributed by atoms with E-state index in [1.54, 1.807) is 11.3 Å². The lowest BCUT2D eigenvalue weighted by Gasteiger charge is -2.12. The highest BCUT2D eigenvalue weighted by Crippen LogP contribution is 2.16. The number of nitrogens with one attached hydrogen (secondary N) is 1. The molecule has 0 spiro atoms. The molecule has 110 valence electrons. The fourth-order valence-electron chi connectivity index (χ4n) is 1.93. The van der Waals surface area contributed by atoms with Crippen LogP contribution in [0, 0.1) is 6.92 Å². The van der Waals surface area contributed by atoms with Crippen LogP contribution in [-0.4, -0.2) is 28.0 Å². The predicted octanol–water partition coefficient (Wildman–Crippen LogP) is 2.51. The average Bonchev–Trinajstić information content (AvgIpc) is 2.83. The normalized spacial score (nSPS) is 11.9. The van der Waals surface area contributed by atoms with E-state index in [9.17, 15) is 9.59 Å². The van der Waals surface area contributed by atoms with Gasteiger partial charge in [0.05, 0.1) is 5.56 Å². The molecule has 2 aromatic heterocycles. The molecule has 0 saturated carbocycles. The van der Waals surface area contributed by atoms with Crippen molar-refractivity contribution in [2.24, 2.45) is 0 Å². The number of nitrogens with zero attached hydrogens (tertiary/aromatic N) is 1. The molecule has 6 heteroatoms. The molecule has 5 nitrogen and oxygen atoms in total. The van der Waals surface area contributed by atoms with Gasteiger partial charge in [-0.05, 0) is 38.1 Å². The molecular weight excluding hydrogens is 288 g/mol. The maximum atomic E-state index is 12.1. The third kappa shape index (κ3) is 4.13. The van der Waals surface area contributed by atoms with Crippen LogP contribution in [0.2, 0.25) is 0 Å². The van der Waals surface area contributed by atoms with E-state index in [0.29, 0.717) is 0 Å². The summed E-state index contributed by atoms with van der Waals surface area (Å²) in [6.07, 6.45) is 2.06. The van der Waals surface area contributed by atoms with Crippen LogP contribution in [0.15, 0.2) is 30.5 Å². The molecule has 1 atom stereocenters. The zero-order valence-corrected chi connectivity index (χ0v) is 12.6. The van der Waals surface area contributed by atoms with Crippen molar-refractivity contribution in [3.8, 4) is 0 Å². The molecule has 0 aliphatic carbocycles. The number of aromatic carboxylic acids is 1. The van der Waals surface area contributed by atoms with Crippen LogP contribution in [0.4, 0.5) is 0 Å². The quantitative estimate of drug-likeness (QED) is 0.889. The number of carboxylic acid groups (broad SMARTS) is 1.